The van der Waals surface area contributed by atoms with Crippen LogP contribution in [0.25, 0.3) is 0 Å². The van der Waals surface area contributed by atoms with Crippen LogP contribution in [-0.4, -0.2) is 16.9 Å². The van der Waals surface area contributed by atoms with Crippen LogP contribution in [0, 0.1) is 5.41 Å². The van der Waals surface area contributed by atoms with Crippen LogP contribution in [0.3, 0.4) is 0 Å². The van der Waals surface area contributed by atoms with Crippen molar-refractivity contribution in [1.82, 2.24) is 0 Å². The van der Waals surface area contributed by atoms with Gasteiger partial charge >= 0.3 is 0 Å². The quantitative estimate of drug-likeness (QED) is 0.322. The van der Waals surface area contributed by atoms with Crippen molar-refractivity contribution in [2.75, 3.05) is 5.75 Å². The number of thioether (sulfide) groups is 1. The molecule has 62 valence electrons. The first-order chi connectivity index (χ1) is 5.02. The maximum atomic E-state index is 7.19. The van der Waals surface area contributed by atoms with E-state index in [-0.39, 0.29) is 11.1 Å². The van der Waals surface area contributed by atoms with Gasteiger partial charge in [0.25, 0.3) is 0 Å². The van der Waals surface area contributed by atoms with Gasteiger partial charge in [0.1, 0.15) is 0 Å². The van der Waals surface area contributed by atoms with Crippen molar-refractivity contribution in [2.24, 2.45) is 16.5 Å². The summed E-state index contributed by atoms with van der Waals surface area (Å²) < 4.78 is 0. The van der Waals surface area contributed by atoms with Crippen LogP contribution in [0.2, 0.25) is 0 Å². The van der Waals surface area contributed by atoms with Gasteiger partial charge in [0, 0.05) is 5.75 Å². The Morgan fingerprint density at radius 2 is 2.18 bits per heavy atom. The fraction of sp³-hybridized carbons (Fsp3) is 0.333. The molecule has 0 saturated carbocycles. The molecule has 0 fully saturated rings. The van der Waals surface area contributed by atoms with Crippen molar-refractivity contribution >= 4 is 22.9 Å². The number of aliphatic imine (C=N–C) groups is 1. The highest BCUT2D eigenvalue weighted by Gasteiger charge is 1.94. The minimum absolute atomic E-state index is 0.0794. The molecule has 11 heavy (non-hydrogen) atoms. The molecule has 0 rings (SSSR count). The van der Waals surface area contributed by atoms with Gasteiger partial charge in [0.15, 0.2) is 11.1 Å². The number of nitrogens with one attached hydrogen (secondary N) is 1. The summed E-state index contributed by atoms with van der Waals surface area (Å²) in [7, 11) is 0. The van der Waals surface area contributed by atoms with Gasteiger partial charge in [-0.05, 0) is 6.92 Å². The maximum Gasteiger partial charge on any atom is 0.193 e. The molecule has 5 N–H and O–H groups in total. The number of nitrogens with two attached hydrogens (primary N) is 2. The van der Waals surface area contributed by atoms with E-state index >= 15 is 0 Å². The van der Waals surface area contributed by atoms with Gasteiger partial charge in [-0.3, -0.25) is 5.41 Å². The molecule has 0 amide bonds. The second kappa shape index (κ2) is 4.79. The lowest BCUT2D eigenvalue weighted by atomic mass is 10.4. The second-order valence-corrected chi connectivity index (χ2v) is 3.05. The molecule has 0 unspecified atom stereocenters. The van der Waals surface area contributed by atoms with E-state index in [1.165, 1.54) is 11.8 Å². The van der Waals surface area contributed by atoms with Crippen molar-refractivity contribution in [2.45, 2.75) is 6.92 Å². The van der Waals surface area contributed by atoms with Gasteiger partial charge in [0.05, 0.1) is 0 Å². The van der Waals surface area contributed by atoms with Crippen LogP contribution >= 0.6 is 11.8 Å². The van der Waals surface area contributed by atoms with E-state index in [0.29, 0.717) is 5.75 Å². The van der Waals surface area contributed by atoms with E-state index in [9.17, 15) is 0 Å². The summed E-state index contributed by atoms with van der Waals surface area (Å²) in [5.74, 6) is 0.597. The third kappa shape index (κ3) is 6.92. The SMILES string of the molecule is C=C(C)CSC(=N)N=C(N)N. The molecule has 0 aliphatic heterocycles. The largest absolute Gasteiger partial charge is 0.370 e. The number of guanidine groups is 1. The van der Waals surface area contributed by atoms with Crippen molar-refractivity contribution in [1.29, 1.82) is 5.41 Å². The zero-order valence-electron chi connectivity index (χ0n) is 6.42. The van der Waals surface area contributed by atoms with Gasteiger partial charge in [-0.1, -0.05) is 23.9 Å². The minimum atomic E-state index is -0.0794. The standard InChI is InChI=1S/C6H12N4S/c1-4(2)3-11-6(9)10-5(7)8/h1,3H2,2H3,(H5,7,8,9,10). The van der Waals surface area contributed by atoms with Gasteiger partial charge in [0.2, 0.25) is 0 Å². The number of hydrogen-bond acceptors (Lipinski definition) is 2. The lowest BCUT2D eigenvalue weighted by Crippen LogP contribution is -2.23. The summed E-state index contributed by atoms with van der Waals surface area (Å²) >= 11 is 1.25. The lowest BCUT2D eigenvalue weighted by molar-refractivity contribution is 1.42. The number of hydrogen-bond donors (Lipinski definition) is 3. The monoisotopic (exact) mass is 172 g/mol. The maximum absolute atomic E-state index is 7.19. The Morgan fingerprint density at radius 1 is 1.64 bits per heavy atom. The van der Waals surface area contributed by atoms with E-state index in [1.54, 1.807) is 0 Å². The summed E-state index contributed by atoms with van der Waals surface area (Å²) in [6, 6.07) is 0. The molecule has 0 aromatic heterocycles. The topological polar surface area (TPSA) is 88.2 Å². The van der Waals surface area contributed by atoms with Crippen LogP contribution < -0.4 is 11.5 Å². The number of nitrogens with zero attached hydrogens (tertiary/aromatic N) is 1. The van der Waals surface area contributed by atoms with Crippen molar-refractivity contribution in [3.63, 3.8) is 0 Å². The Hall–Kier alpha value is -0.970. The fourth-order valence-corrected chi connectivity index (χ4v) is 0.894. The van der Waals surface area contributed by atoms with E-state index in [1.807, 2.05) is 6.92 Å². The summed E-state index contributed by atoms with van der Waals surface area (Å²) in [5, 5.41) is 7.31. The Balaban J connectivity index is 3.71. The van der Waals surface area contributed by atoms with Crippen molar-refractivity contribution in [3.05, 3.63) is 12.2 Å². The highest BCUT2D eigenvalue weighted by molar-refractivity contribution is 8.13. The molecule has 0 radical (unpaired) electrons. The molecule has 0 aliphatic carbocycles. The first-order valence-electron chi connectivity index (χ1n) is 2.97. The predicted molar refractivity (Wildman–Crippen MR) is 50.8 cm³/mol. The Bertz CT molecular complexity index is 193. The number of rotatable bonds is 2. The van der Waals surface area contributed by atoms with Crippen LogP contribution in [-0.2, 0) is 0 Å². The summed E-state index contributed by atoms with van der Waals surface area (Å²) in [6.45, 7) is 5.56. The first kappa shape index (κ1) is 10.0. The van der Waals surface area contributed by atoms with Gasteiger partial charge in [-0.25, -0.2) is 0 Å². The predicted octanol–water partition coefficient (Wildman–Crippen LogP) is 0.504. The average molecular weight is 172 g/mol. The smallest absolute Gasteiger partial charge is 0.193 e. The molecule has 0 atom stereocenters. The molecule has 5 heteroatoms. The Labute approximate surface area is 70.3 Å². The fourth-order valence-electron chi connectivity index (χ4n) is 0.341. The normalized spacial score (nSPS) is 8.82. The van der Waals surface area contributed by atoms with Crippen molar-refractivity contribution < 1.29 is 0 Å². The molecule has 4 nitrogen and oxygen atoms in total. The molecular formula is C6H12N4S. The van der Waals surface area contributed by atoms with Crippen molar-refractivity contribution in [3.8, 4) is 0 Å². The van der Waals surface area contributed by atoms with E-state index in [4.69, 9.17) is 16.9 Å². The minimum Gasteiger partial charge on any atom is -0.370 e. The molecule has 0 aliphatic rings. The zero-order chi connectivity index (χ0) is 8.85. The summed E-state index contributed by atoms with van der Waals surface area (Å²) in [5.41, 5.74) is 11.1. The third-order valence-corrected chi connectivity index (χ3v) is 1.69. The Morgan fingerprint density at radius 3 is 2.55 bits per heavy atom. The van der Waals surface area contributed by atoms with Crippen LogP contribution in [0.15, 0.2) is 17.1 Å². The van der Waals surface area contributed by atoms with Crippen LogP contribution in [0.5, 0.6) is 0 Å². The van der Waals surface area contributed by atoms with Gasteiger partial charge < -0.3 is 11.5 Å². The molecule has 0 aromatic carbocycles. The van der Waals surface area contributed by atoms with Crippen LogP contribution in [0.1, 0.15) is 6.92 Å². The van der Waals surface area contributed by atoms with Gasteiger partial charge in [-0.15, -0.1) is 0 Å². The van der Waals surface area contributed by atoms with Gasteiger partial charge in [-0.2, -0.15) is 4.99 Å². The molecule has 0 spiro atoms. The third-order valence-electron chi connectivity index (χ3n) is 0.686. The molecular weight excluding hydrogens is 160 g/mol. The van der Waals surface area contributed by atoms with E-state index < -0.39 is 0 Å². The second-order valence-electron chi connectivity index (χ2n) is 2.09. The number of amidine groups is 1. The molecule has 0 bridgehead atoms. The summed E-state index contributed by atoms with van der Waals surface area (Å²) in [4.78, 5) is 3.53. The molecule has 0 aromatic rings. The molecule has 0 heterocycles. The highest BCUT2D eigenvalue weighted by Crippen LogP contribution is 2.07. The average Bonchev–Trinajstić information content (AvgIpc) is 1.82. The van der Waals surface area contributed by atoms with Crippen LogP contribution in [0.4, 0.5) is 0 Å². The molecule has 0 saturated heterocycles. The Kier molecular flexibility index (Phi) is 4.36. The lowest BCUT2D eigenvalue weighted by Gasteiger charge is -1.97. The van der Waals surface area contributed by atoms with E-state index in [2.05, 4.69) is 11.6 Å². The first-order valence-corrected chi connectivity index (χ1v) is 3.96. The zero-order valence-corrected chi connectivity index (χ0v) is 7.24. The van der Waals surface area contributed by atoms with E-state index in [0.717, 1.165) is 5.57 Å². The highest BCUT2D eigenvalue weighted by atomic mass is 32.2. The summed E-state index contributed by atoms with van der Waals surface area (Å²) in [6.07, 6.45) is 0.